The predicted octanol–water partition coefficient (Wildman–Crippen LogP) is 3.44. The third kappa shape index (κ3) is 2.65. The van der Waals surface area contributed by atoms with E-state index in [1.807, 2.05) is 12.3 Å². The summed E-state index contributed by atoms with van der Waals surface area (Å²) < 4.78 is 0. The highest BCUT2D eigenvalue weighted by Crippen LogP contribution is 2.19. The Labute approximate surface area is 113 Å². The molecule has 1 aliphatic heterocycles. The molecule has 2 heterocycles. The first-order valence-corrected chi connectivity index (χ1v) is 6.95. The van der Waals surface area contributed by atoms with E-state index in [1.165, 1.54) is 10.9 Å². The van der Waals surface area contributed by atoms with Crippen LogP contribution in [-0.4, -0.2) is 28.4 Å². The molecule has 1 fully saturated rings. The van der Waals surface area contributed by atoms with Crippen molar-refractivity contribution in [2.75, 3.05) is 13.1 Å². The molecule has 0 aliphatic carbocycles. The second-order valence-electron chi connectivity index (χ2n) is 4.98. The van der Waals surface area contributed by atoms with Crippen LogP contribution in [0.2, 0.25) is 0 Å². The van der Waals surface area contributed by atoms with Crippen molar-refractivity contribution in [3.8, 4) is 0 Å². The Morgan fingerprint density at radius 1 is 1.22 bits per heavy atom. The zero-order chi connectivity index (χ0) is 12.4. The first-order chi connectivity index (χ1) is 8.81. The smallest absolute Gasteiger partial charge is 0.0702 e. The number of hydrogen-bond acceptors (Lipinski definition) is 2. The Morgan fingerprint density at radius 3 is 2.89 bits per heavy atom. The highest BCUT2D eigenvalue weighted by Gasteiger charge is 2.16. The summed E-state index contributed by atoms with van der Waals surface area (Å²) in [6, 6.07) is 10.7. The van der Waals surface area contributed by atoms with Crippen molar-refractivity contribution in [2.45, 2.75) is 24.8 Å². The Hall–Kier alpha value is -1.12. The van der Waals surface area contributed by atoms with Gasteiger partial charge in [0.15, 0.2) is 0 Å². The Bertz CT molecular complexity index is 533. The molecule has 2 nitrogen and oxygen atoms in total. The number of fused-ring (bicyclic) bond motifs is 1. The molecule has 3 rings (SSSR count). The van der Waals surface area contributed by atoms with Crippen LogP contribution in [0.15, 0.2) is 36.5 Å². The standard InChI is InChI=1S/C15H17ClN2/c16-14-5-8-18(9-6-14)11-12-3-4-15-13(10-12)2-1-7-17-15/h1-4,7,10,14H,5-6,8-9,11H2. The third-order valence-electron chi connectivity index (χ3n) is 3.59. The average Bonchev–Trinajstić information content (AvgIpc) is 2.41. The molecular weight excluding hydrogens is 244 g/mol. The van der Waals surface area contributed by atoms with Gasteiger partial charge >= 0.3 is 0 Å². The molecule has 2 aromatic rings. The molecule has 3 heteroatoms. The lowest BCUT2D eigenvalue weighted by Gasteiger charge is -2.29. The van der Waals surface area contributed by atoms with Crippen molar-refractivity contribution in [3.63, 3.8) is 0 Å². The number of rotatable bonds is 2. The van der Waals surface area contributed by atoms with Gasteiger partial charge in [0.25, 0.3) is 0 Å². The number of halogens is 1. The first kappa shape index (κ1) is 11.9. The van der Waals surface area contributed by atoms with Crippen LogP contribution in [0.4, 0.5) is 0 Å². The Balaban J connectivity index is 1.74. The van der Waals surface area contributed by atoms with Gasteiger partial charge in [-0.05, 0) is 49.7 Å². The normalized spacial score (nSPS) is 18.3. The quantitative estimate of drug-likeness (QED) is 0.769. The number of hydrogen-bond donors (Lipinski definition) is 0. The highest BCUT2D eigenvalue weighted by atomic mass is 35.5. The predicted molar refractivity (Wildman–Crippen MR) is 75.9 cm³/mol. The highest BCUT2D eigenvalue weighted by molar-refractivity contribution is 6.20. The maximum Gasteiger partial charge on any atom is 0.0702 e. The van der Waals surface area contributed by atoms with Crippen molar-refractivity contribution >= 4 is 22.5 Å². The van der Waals surface area contributed by atoms with Crippen molar-refractivity contribution in [2.24, 2.45) is 0 Å². The van der Waals surface area contributed by atoms with Gasteiger partial charge in [-0.3, -0.25) is 9.88 Å². The van der Waals surface area contributed by atoms with Crippen LogP contribution in [0.1, 0.15) is 18.4 Å². The lowest BCUT2D eigenvalue weighted by atomic mass is 10.1. The van der Waals surface area contributed by atoms with Gasteiger partial charge in [-0.1, -0.05) is 12.1 Å². The molecule has 1 aliphatic rings. The summed E-state index contributed by atoms with van der Waals surface area (Å²) in [7, 11) is 0. The molecule has 1 saturated heterocycles. The molecule has 1 aromatic heterocycles. The first-order valence-electron chi connectivity index (χ1n) is 6.51. The minimum atomic E-state index is 0.377. The minimum Gasteiger partial charge on any atom is -0.299 e. The van der Waals surface area contributed by atoms with Gasteiger partial charge in [0.1, 0.15) is 0 Å². The van der Waals surface area contributed by atoms with Crippen molar-refractivity contribution < 1.29 is 0 Å². The van der Waals surface area contributed by atoms with E-state index < -0.39 is 0 Å². The monoisotopic (exact) mass is 260 g/mol. The second kappa shape index (κ2) is 5.25. The van der Waals surface area contributed by atoms with Crippen LogP contribution in [0, 0.1) is 0 Å². The summed E-state index contributed by atoms with van der Waals surface area (Å²) in [6.45, 7) is 3.24. The minimum absolute atomic E-state index is 0.377. The van der Waals surface area contributed by atoms with Gasteiger partial charge in [-0.15, -0.1) is 11.6 Å². The van der Waals surface area contributed by atoms with Crippen LogP contribution in [-0.2, 0) is 6.54 Å². The van der Waals surface area contributed by atoms with E-state index in [0.717, 1.165) is 38.0 Å². The number of pyridine rings is 1. The summed E-state index contributed by atoms with van der Waals surface area (Å²) in [6.07, 6.45) is 4.06. The second-order valence-corrected chi connectivity index (χ2v) is 5.60. The fraction of sp³-hybridized carbons (Fsp3) is 0.400. The number of alkyl halides is 1. The van der Waals surface area contributed by atoms with Gasteiger partial charge in [0.2, 0.25) is 0 Å². The number of nitrogens with zero attached hydrogens (tertiary/aromatic N) is 2. The van der Waals surface area contributed by atoms with Crippen LogP contribution >= 0.6 is 11.6 Å². The molecule has 0 bridgehead atoms. The van der Waals surface area contributed by atoms with Gasteiger partial charge in [-0.25, -0.2) is 0 Å². The molecule has 0 unspecified atom stereocenters. The maximum absolute atomic E-state index is 6.13. The third-order valence-corrected chi connectivity index (χ3v) is 4.03. The molecule has 1 aromatic carbocycles. The van der Waals surface area contributed by atoms with Gasteiger partial charge in [0, 0.05) is 23.5 Å². The van der Waals surface area contributed by atoms with E-state index in [0.29, 0.717) is 5.38 Å². The topological polar surface area (TPSA) is 16.1 Å². The zero-order valence-corrected chi connectivity index (χ0v) is 11.1. The van der Waals surface area contributed by atoms with Crippen molar-refractivity contribution in [1.29, 1.82) is 0 Å². The Kier molecular flexibility index (Phi) is 3.48. The number of benzene rings is 1. The molecule has 0 saturated carbocycles. The van der Waals surface area contributed by atoms with Gasteiger partial charge in [-0.2, -0.15) is 0 Å². The lowest BCUT2D eigenvalue weighted by molar-refractivity contribution is 0.223. The zero-order valence-electron chi connectivity index (χ0n) is 10.3. The molecule has 0 atom stereocenters. The molecule has 0 spiro atoms. The van der Waals surface area contributed by atoms with Crippen LogP contribution in [0.3, 0.4) is 0 Å². The van der Waals surface area contributed by atoms with Crippen LogP contribution in [0.5, 0.6) is 0 Å². The number of aromatic nitrogens is 1. The molecule has 18 heavy (non-hydrogen) atoms. The Morgan fingerprint density at radius 2 is 2.06 bits per heavy atom. The van der Waals surface area contributed by atoms with E-state index in [1.54, 1.807) is 0 Å². The lowest BCUT2D eigenvalue weighted by Crippen LogP contribution is -2.33. The largest absolute Gasteiger partial charge is 0.299 e. The maximum atomic E-state index is 6.13. The summed E-state index contributed by atoms with van der Waals surface area (Å²) in [5, 5.41) is 1.60. The SMILES string of the molecule is ClC1CCN(Cc2ccc3ncccc3c2)CC1. The average molecular weight is 261 g/mol. The summed E-state index contributed by atoms with van der Waals surface area (Å²) in [4.78, 5) is 6.83. The van der Waals surface area contributed by atoms with Gasteiger partial charge in [0.05, 0.1) is 5.52 Å². The van der Waals surface area contributed by atoms with Crippen molar-refractivity contribution in [3.05, 3.63) is 42.1 Å². The molecule has 94 valence electrons. The molecule has 0 N–H and O–H groups in total. The van der Waals surface area contributed by atoms with Crippen LogP contribution < -0.4 is 0 Å². The van der Waals surface area contributed by atoms with Crippen LogP contribution in [0.25, 0.3) is 10.9 Å². The van der Waals surface area contributed by atoms with Crippen molar-refractivity contribution in [1.82, 2.24) is 9.88 Å². The fourth-order valence-corrected chi connectivity index (χ4v) is 2.74. The number of piperidine rings is 1. The van der Waals surface area contributed by atoms with E-state index in [-0.39, 0.29) is 0 Å². The van der Waals surface area contributed by atoms with E-state index in [2.05, 4.69) is 34.1 Å². The van der Waals surface area contributed by atoms with Gasteiger partial charge < -0.3 is 0 Å². The fourth-order valence-electron chi connectivity index (χ4n) is 2.54. The summed E-state index contributed by atoms with van der Waals surface area (Å²) >= 11 is 6.13. The van der Waals surface area contributed by atoms with E-state index in [9.17, 15) is 0 Å². The molecule has 0 radical (unpaired) electrons. The molecular formula is C15H17ClN2. The molecule has 0 amide bonds. The summed E-state index contributed by atoms with van der Waals surface area (Å²) in [5.74, 6) is 0. The van der Waals surface area contributed by atoms with E-state index in [4.69, 9.17) is 11.6 Å². The number of likely N-dealkylation sites (tertiary alicyclic amines) is 1. The summed E-state index contributed by atoms with van der Waals surface area (Å²) in [5.41, 5.74) is 2.43. The van der Waals surface area contributed by atoms with E-state index >= 15 is 0 Å².